The molecule has 4 heteroatoms. The largest absolute Gasteiger partial charge is 0.492 e. The van der Waals surface area contributed by atoms with Gasteiger partial charge in [-0.05, 0) is 47.9 Å². The highest BCUT2D eigenvalue weighted by atomic mass is 16.5. The maximum atomic E-state index is 5.85. The Bertz CT molecular complexity index is 599. The van der Waals surface area contributed by atoms with E-state index >= 15 is 0 Å². The lowest BCUT2D eigenvalue weighted by Gasteiger charge is -2.10. The molecule has 0 N–H and O–H groups in total. The Balaban J connectivity index is 1.41. The van der Waals surface area contributed by atoms with Gasteiger partial charge in [0.05, 0.1) is 6.04 Å². The number of aromatic nitrogens is 1. The summed E-state index contributed by atoms with van der Waals surface area (Å²) >= 11 is 0. The van der Waals surface area contributed by atoms with E-state index in [-0.39, 0.29) is 0 Å². The number of pyridine rings is 1. The molecule has 3 rings (SSSR count). The summed E-state index contributed by atoms with van der Waals surface area (Å²) in [6, 6.07) is 12.3. The van der Waals surface area contributed by atoms with Gasteiger partial charge in [-0.2, -0.15) is 0 Å². The van der Waals surface area contributed by atoms with Crippen molar-refractivity contribution < 1.29 is 9.47 Å². The Morgan fingerprint density at radius 2 is 1.70 bits per heavy atom. The van der Waals surface area contributed by atoms with Crippen molar-refractivity contribution in [1.29, 1.82) is 0 Å². The molecule has 1 aliphatic rings. The van der Waals surface area contributed by atoms with E-state index in [4.69, 9.17) is 9.47 Å². The van der Waals surface area contributed by atoms with Crippen LogP contribution in [0.3, 0.4) is 0 Å². The van der Waals surface area contributed by atoms with Crippen molar-refractivity contribution in [3.8, 4) is 11.5 Å². The van der Waals surface area contributed by atoms with Gasteiger partial charge in [-0.1, -0.05) is 13.8 Å². The molecule has 2 aromatic rings. The van der Waals surface area contributed by atoms with E-state index in [0.717, 1.165) is 42.7 Å². The first-order valence-electron chi connectivity index (χ1n) is 8.19. The molecule has 1 aliphatic heterocycles. The van der Waals surface area contributed by atoms with Crippen LogP contribution >= 0.6 is 0 Å². The number of rotatable bonds is 8. The lowest BCUT2D eigenvalue weighted by Crippen LogP contribution is -2.14. The third kappa shape index (κ3) is 4.96. The average Bonchev–Trinajstić information content (AvgIpc) is 3.30. The fourth-order valence-electron chi connectivity index (χ4n) is 2.54. The number of hydrogen-bond donors (Lipinski definition) is 0. The number of ether oxygens (including phenoxy) is 2. The van der Waals surface area contributed by atoms with Crippen LogP contribution in [-0.4, -0.2) is 35.6 Å². The minimum absolute atomic E-state index is 0.551. The highest BCUT2D eigenvalue weighted by Gasteiger charge is 2.34. The zero-order chi connectivity index (χ0) is 16.1. The highest BCUT2D eigenvalue weighted by Crippen LogP contribution is 2.22. The fourth-order valence-corrected chi connectivity index (χ4v) is 2.54. The summed E-state index contributed by atoms with van der Waals surface area (Å²) in [4.78, 5) is 6.45. The smallest absolute Gasteiger partial charge is 0.120 e. The number of nitrogens with zero attached hydrogens (tertiary/aromatic N) is 2. The molecule has 2 unspecified atom stereocenters. The summed E-state index contributed by atoms with van der Waals surface area (Å²) < 4.78 is 11.6. The zero-order valence-electron chi connectivity index (χ0n) is 13.8. The monoisotopic (exact) mass is 312 g/mol. The molecule has 0 amide bonds. The predicted octanol–water partition coefficient (Wildman–Crippen LogP) is 3.38. The van der Waals surface area contributed by atoms with Crippen LogP contribution in [0.25, 0.3) is 0 Å². The van der Waals surface area contributed by atoms with Gasteiger partial charge in [0.25, 0.3) is 0 Å². The second-order valence-corrected chi connectivity index (χ2v) is 6.43. The van der Waals surface area contributed by atoms with E-state index in [2.05, 4.69) is 23.7 Å². The first-order valence-corrected chi connectivity index (χ1v) is 8.19. The molecule has 2 heterocycles. The third-order valence-electron chi connectivity index (χ3n) is 3.85. The number of hydrogen-bond acceptors (Lipinski definition) is 4. The molecule has 1 aromatic carbocycles. The maximum Gasteiger partial charge on any atom is 0.120 e. The van der Waals surface area contributed by atoms with Crippen molar-refractivity contribution in [3.05, 3.63) is 54.4 Å². The third-order valence-corrected chi connectivity index (χ3v) is 3.85. The van der Waals surface area contributed by atoms with E-state index in [1.165, 1.54) is 0 Å². The van der Waals surface area contributed by atoms with Crippen molar-refractivity contribution in [2.45, 2.75) is 26.5 Å². The van der Waals surface area contributed by atoms with Crippen LogP contribution in [0, 0.1) is 5.92 Å². The molecule has 0 saturated carbocycles. The average molecular weight is 312 g/mol. The molecule has 1 aromatic heterocycles. The quantitative estimate of drug-likeness (QED) is 0.700. The van der Waals surface area contributed by atoms with Crippen LogP contribution in [0.1, 0.15) is 19.4 Å². The summed E-state index contributed by atoms with van der Waals surface area (Å²) in [5.41, 5.74) is 1.11. The molecule has 0 bridgehead atoms. The van der Waals surface area contributed by atoms with Gasteiger partial charge >= 0.3 is 0 Å². The van der Waals surface area contributed by atoms with Crippen LogP contribution in [0.15, 0.2) is 48.8 Å². The Labute approximate surface area is 138 Å². The topological polar surface area (TPSA) is 34.4 Å². The molecule has 0 radical (unpaired) electrons. The van der Waals surface area contributed by atoms with Crippen LogP contribution < -0.4 is 9.47 Å². The molecular weight excluding hydrogens is 288 g/mol. The molecule has 1 fully saturated rings. The summed E-state index contributed by atoms with van der Waals surface area (Å²) in [6.07, 6.45) is 3.55. The van der Waals surface area contributed by atoms with E-state index < -0.39 is 0 Å². The molecule has 2 atom stereocenters. The minimum Gasteiger partial charge on any atom is -0.492 e. The van der Waals surface area contributed by atoms with E-state index in [1.54, 1.807) is 12.4 Å². The second kappa shape index (κ2) is 7.47. The van der Waals surface area contributed by atoms with Crippen LogP contribution in [0.4, 0.5) is 0 Å². The van der Waals surface area contributed by atoms with E-state index in [9.17, 15) is 0 Å². The van der Waals surface area contributed by atoms with Gasteiger partial charge in [-0.25, -0.2) is 0 Å². The Kier molecular flexibility index (Phi) is 5.13. The van der Waals surface area contributed by atoms with E-state index in [0.29, 0.717) is 12.6 Å². The Hall–Kier alpha value is -2.07. The van der Waals surface area contributed by atoms with Gasteiger partial charge < -0.3 is 9.47 Å². The fraction of sp³-hybridized carbons (Fsp3) is 0.421. The summed E-state index contributed by atoms with van der Waals surface area (Å²) in [5, 5.41) is 0. The van der Waals surface area contributed by atoms with Crippen molar-refractivity contribution in [3.63, 3.8) is 0 Å². The van der Waals surface area contributed by atoms with Gasteiger partial charge in [-0.15, -0.1) is 0 Å². The SMILES string of the molecule is CC(C)CN1CC1COc1ccc(OCc2ccncc2)cc1. The predicted molar refractivity (Wildman–Crippen MR) is 90.7 cm³/mol. The van der Waals surface area contributed by atoms with Gasteiger partial charge in [0, 0.05) is 25.5 Å². The lowest BCUT2D eigenvalue weighted by atomic mass is 10.2. The molecule has 23 heavy (non-hydrogen) atoms. The van der Waals surface area contributed by atoms with Gasteiger partial charge in [-0.3, -0.25) is 9.88 Å². The number of benzene rings is 1. The zero-order valence-corrected chi connectivity index (χ0v) is 13.8. The highest BCUT2D eigenvalue weighted by molar-refractivity contribution is 5.31. The summed E-state index contributed by atoms with van der Waals surface area (Å²) in [5.74, 6) is 2.47. The van der Waals surface area contributed by atoms with Crippen LogP contribution in [0.2, 0.25) is 0 Å². The summed E-state index contributed by atoms with van der Waals surface area (Å²) in [7, 11) is 0. The van der Waals surface area contributed by atoms with E-state index in [1.807, 2.05) is 36.4 Å². The van der Waals surface area contributed by atoms with Crippen molar-refractivity contribution in [1.82, 2.24) is 9.88 Å². The lowest BCUT2D eigenvalue weighted by molar-refractivity contribution is 0.284. The molecule has 0 spiro atoms. The summed E-state index contributed by atoms with van der Waals surface area (Å²) in [6.45, 7) is 8.14. The van der Waals surface area contributed by atoms with Gasteiger partial charge in [0.1, 0.15) is 24.7 Å². The van der Waals surface area contributed by atoms with Crippen molar-refractivity contribution in [2.24, 2.45) is 5.92 Å². The molecule has 0 aliphatic carbocycles. The Morgan fingerprint density at radius 3 is 2.35 bits per heavy atom. The molecule has 4 nitrogen and oxygen atoms in total. The van der Waals surface area contributed by atoms with Crippen molar-refractivity contribution >= 4 is 0 Å². The van der Waals surface area contributed by atoms with Gasteiger partial charge in [0.2, 0.25) is 0 Å². The minimum atomic E-state index is 0.551. The normalized spacial score (nSPS) is 19.6. The molecule has 1 saturated heterocycles. The second-order valence-electron chi connectivity index (χ2n) is 6.43. The van der Waals surface area contributed by atoms with Crippen molar-refractivity contribution in [2.75, 3.05) is 19.7 Å². The first-order chi connectivity index (χ1) is 11.2. The standard InChI is InChI=1S/C19H24N2O2/c1-15(2)11-21-12-17(21)14-23-19-5-3-18(4-6-19)22-13-16-7-9-20-10-8-16/h3-10,15,17H,11-14H2,1-2H3. The first kappa shape index (κ1) is 15.8. The van der Waals surface area contributed by atoms with Crippen LogP contribution in [0.5, 0.6) is 11.5 Å². The van der Waals surface area contributed by atoms with Crippen LogP contribution in [-0.2, 0) is 6.61 Å². The van der Waals surface area contributed by atoms with Gasteiger partial charge in [0.15, 0.2) is 0 Å². The maximum absolute atomic E-state index is 5.85. The Morgan fingerprint density at radius 1 is 1.04 bits per heavy atom. The molecule has 122 valence electrons. The molecular formula is C19H24N2O2.